The Kier molecular flexibility index (Phi) is 4.59. The largest absolute Gasteiger partial charge is 0.360 e. The highest BCUT2D eigenvalue weighted by molar-refractivity contribution is 6.11. The van der Waals surface area contributed by atoms with Crippen LogP contribution >= 0.6 is 0 Å². The number of amides is 3. The van der Waals surface area contributed by atoms with Crippen LogP contribution in [-0.4, -0.2) is 44.4 Å². The fourth-order valence-electron chi connectivity index (χ4n) is 4.72. The monoisotopic (exact) mass is 398 g/mol. The lowest BCUT2D eigenvalue weighted by Gasteiger charge is -2.36. The molecule has 1 saturated carbocycles. The number of hydrogen-bond acceptors (Lipinski definition) is 5. The first-order chi connectivity index (χ1) is 13.7. The van der Waals surface area contributed by atoms with Crippen LogP contribution in [0.3, 0.4) is 0 Å². The Morgan fingerprint density at radius 3 is 2.69 bits per heavy atom. The number of imide groups is 1. The van der Waals surface area contributed by atoms with Crippen LogP contribution in [-0.2, 0) is 4.79 Å². The number of rotatable bonds is 4. The summed E-state index contributed by atoms with van der Waals surface area (Å²) < 4.78 is 6.98. The standard InChI is InChI=1S/C21H26N4O4/c1-12-7-5-6-8-21(12)19(27)24(20(28)22-21)11-17(26)16-9-13(2)25(15(16)4)18-10-14(3)29-23-18/h9-10,12H,5-8,11H2,1-4H3,(H,22,28)/t12-,21+/m0/s1. The van der Waals surface area contributed by atoms with Crippen molar-refractivity contribution in [2.24, 2.45) is 5.92 Å². The number of aryl methyl sites for hydroxylation is 2. The van der Waals surface area contributed by atoms with Gasteiger partial charge in [-0.05, 0) is 45.6 Å². The van der Waals surface area contributed by atoms with Gasteiger partial charge in [0.15, 0.2) is 11.6 Å². The van der Waals surface area contributed by atoms with Crippen LogP contribution in [0.1, 0.15) is 60.1 Å². The highest BCUT2D eigenvalue weighted by Gasteiger charge is 2.55. The van der Waals surface area contributed by atoms with E-state index in [4.69, 9.17) is 4.52 Å². The second-order valence-corrected chi connectivity index (χ2v) is 8.28. The van der Waals surface area contributed by atoms with Crippen molar-refractivity contribution in [3.63, 3.8) is 0 Å². The molecule has 8 heteroatoms. The van der Waals surface area contributed by atoms with E-state index in [0.29, 0.717) is 29.3 Å². The number of hydrogen-bond donors (Lipinski definition) is 1. The Hall–Kier alpha value is -2.90. The maximum atomic E-state index is 13.1. The van der Waals surface area contributed by atoms with Gasteiger partial charge in [-0.2, -0.15) is 0 Å². The smallest absolute Gasteiger partial charge is 0.325 e. The van der Waals surface area contributed by atoms with Gasteiger partial charge in [0.05, 0.1) is 6.54 Å². The van der Waals surface area contributed by atoms with Gasteiger partial charge in [0, 0.05) is 23.0 Å². The molecule has 1 N–H and O–H groups in total. The predicted octanol–water partition coefficient (Wildman–Crippen LogP) is 3.07. The highest BCUT2D eigenvalue weighted by atomic mass is 16.5. The number of aromatic nitrogens is 2. The van der Waals surface area contributed by atoms with Gasteiger partial charge in [-0.1, -0.05) is 24.9 Å². The van der Waals surface area contributed by atoms with E-state index in [2.05, 4.69) is 10.5 Å². The molecule has 2 aromatic heterocycles. The number of urea groups is 1. The SMILES string of the molecule is Cc1cc(-n2c(C)cc(C(=O)CN3C(=O)N[C@@]4(CCCC[C@@H]4C)C3=O)c2C)no1. The van der Waals surface area contributed by atoms with Crippen molar-refractivity contribution in [3.8, 4) is 5.82 Å². The van der Waals surface area contributed by atoms with E-state index >= 15 is 0 Å². The number of carbonyl (C=O) groups is 3. The topological polar surface area (TPSA) is 97.4 Å². The summed E-state index contributed by atoms with van der Waals surface area (Å²) >= 11 is 0. The Balaban J connectivity index is 1.59. The molecule has 3 amide bonds. The molecular weight excluding hydrogens is 372 g/mol. The molecule has 0 bridgehead atoms. The summed E-state index contributed by atoms with van der Waals surface area (Å²) in [4.78, 5) is 39.8. The highest BCUT2D eigenvalue weighted by Crippen LogP contribution is 2.38. The van der Waals surface area contributed by atoms with Crippen molar-refractivity contribution in [3.05, 3.63) is 34.8 Å². The van der Waals surface area contributed by atoms with Gasteiger partial charge in [0.25, 0.3) is 5.91 Å². The van der Waals surface area contributed by atoms with Gasteiger partial charge in [0.2, 0.25) is 0 Å². The Bertz CT molecular complexity index is 1000. The van der Waals surface area contributed by atoms with Gasteiger partial charge in [-0.15, -0.1) is 0 Å². The van der Waals surface area contributed by atoms with Crippen molar-refractivity contribution in [1.82, 2.24) is 19.9 Å². The second-order valence-electron chi connectivity index (χ2n) is 8.28. The molecule has 8 nitrogen and oxygen atoms in total. The lowest BCUT2D eigenvalue weighted by Crippen LogP contribution is -2.54. The molecule has 0 radical (unpaired) electrons. The van der Waals surface area contributed by atoms with Crippen LogP contribution < -0.4 is 5.32 Å². The average Bonchev–Trinajstić information content (AvgIpc) is 3.29. The fraction of sp³-hybridized carbons (Fsp3) is 0.524. The second kappa shape index (κ2) is 6.86. The zero-order chi connectivity index (χ0) is 20.9. The normalized spacial score (nSPS) is 24.4. The van der Waals surface area contributed by atoms with E-state index in [-0.39, 0.29) is 24.2 Å². The molecule has 0 aromatic carbocycles. The maximum Gasteiger partial charge on any atom is 0.325 e. The summed E-state index contributed by atoms with van der Waals surface area (Å²) in [6, 6.07) is 3.08. The lowest BCUT2D eigenvalue weighted by atomic mass is 9.73. The van der Waals surface area contributed by atoms with Crippen LogP contribution in [0, 0.1) is 26.7 Å². The van der Waals surface area contributed by atoms with Gasteiger partial charge in [-0.25, -0.2) is 4.79 Å². The molecule has 0 unspecified atom stereocenters. The first kappa shape index (κ1) is 19.4. The minimum atomic E-state index is -0.856. The van der Waals surface area contributed by atoms with E-state index in [1.165, 1.54) is 0 Å². The van der Waals surface area contributed by atoms with Crippen LogP contribution in [0.2, 0.25) is 0 Å². The minimum Gasteiger partial charge on any atom is -0.360 e. The summed E-state index contributed by atoms with van der Waals surface area (Å²) in [5.41, 5.74) is 1.15. The Morgan fingerprint density at radius 2 is 2.03 bits per heavy atom. The predicted molar refractivity (Wildman–Crippen MR) is 105 cm³/mol. The zero-order valence-electron chi connectivity index (χ0n) is 17.2. The third-order valence-electron chi connectivity index (χ3n) is 6.38. The molecule has 154 valence electrons. The molecule has 1 spiro atoms. The van der Waals surface area contributed by atoms with Gasteiger partial charge in [0.1, 0.15) is 11.3 Å². The van der Waals surface area contributed by atoms with Crippen LogP contribution in [0.15, 0.2) is 16.7 Å². The molecule has 1 saturated heterocycles. The molecule has 1 aliphatic carbocycles. The first-order valence-corrected chi connectivity index (χ1v) is 10.0. The molecule has 2 fully saturated rings. The summed E-state index contributed by atoms with van der Waals surface area (Å²) in [5.74, 6) is 0.791. The molecule has 3 heterocycles. The van der Waals surface area contributed by atoms with Crippen LogP contribution in [0.25, 0.3) is 5.82 Å². The van der Waals surface area contributed by atoms with E-state index in [1.807, 2.05) is 25.3 Å². The Morgan fingerprint density at radius 1 is 1.28 bits per heavy atom. The molecule has 1 aliphatic heterocycles. The number of carbonyl (C=O) groups excluding carboxylic acids is 3. The maximum absolute atomic E-state index is 13.1. The van der Waals surface area contributed by atoms with Crippen LogP contribution in [0.5, 0.6) is 0 Å². The quantitative estimate of drug-likeness (QED) is 0.630. The number of Topliss-reactive ketones (excluding diaryl/α,β-unsaturated/α-hetero) is 1. The minimum absolute atomic E-state index is 0.0632. The lowest BCUT2D eigenvalue weighted by molar-refractivity contribution is -0.133. The summed E-state index contributed by atoms with van der Waals surface area (Å²) in [6.45, 7) is 7.23. The average molecular weight is 398 g/mol. The van der Waals surface area contributed by atoms with Crippen LogP contribution in [0.4, 0.5) is 4.79 Å². The molecule has 4 rings (SSSR count). The Labute approximate surface area is 169 Å². The fourth-order valence-corrected chi connectivity index (χ4v) is 4.72. The van der Waals surface area contributed by atoms with Crippen molar-refractivity contribution >= 4 is 17.7 Å². The van der Waals surface area contributed by atoms with Crippen molar-refractivity contribution in [2.75, 3.05) is 6.54 Å². The van der Waals surface area contributed by atoms with E-state index in [0.717, 1.165) is 29.9 Å². The zero-order valence-corrected chi connectivity index (χ0v) is 17.2. The van der Waals surface area contributed by atoms with Crippen molar-refractivity contribution in [2.45, 2.75) is 58.9 Å². The van der Waals surface area contributed by atoms with Crippen molar-refractivity contribution in [1.29, 1.82) is 0 Å². The number of nitrogens with one attached hydrogen (secondary N) is 1. The van der Waals surface area contributed by atoms with E-state index in [1.54, 1.807) is 19.1 Å². The third-order valence-corrected chi connectivity index (χ3v) is 6.38. The summed E-state index contributed by atoms with van der Waals surface area (Å²) in [6.07, 6.45) is 3.48. The third kappa shape index (κ3) is 2.97. The number of nitrogens with zero attached hydrogens (tertiary/aromatic N) is 3. The summed E-state index contributed by atoms with van der Waals surface area (Å²) in [5, 5.41) is 6.91. The summed E-state index contributed by atoms with van der Waals surface area (Å²) in [7, 11) is 0. The number of ketones is 1. The van der Waals surface area contributed by atoms with E-state index in [9.17, 15) is 14.4 Å². The first-order valence-electron chi connectivity index (χ1n) is 10.0. The molecule has 2 aliphatic rings. The van der Waals surface area contributed by atoms with Crippen molar-refractivity contribution < 1.29 is 18.9 Å². The molecule has 2 aromatic rings. The van der Waals surface area contributed by atoms with Gasteiger partial charge < -0.3 is 9.84 Å². The molecular formula is C21H26N4O4. The van der Waals surface area contributed by atoms with E-state index < -0.39 is 11.6 Å². The molecule has 29 heavy (non-hydrogen) atoms. The van der Waals surface area contributed by atoms with Gasteiger partial charge in [-0.3, -0.25) is 19.1 Å². The van der Waals surface area contributed by atoms with Gasteiger partial charge >= 0.3 is 6.03 Å². The molecule has 2 atom stereocenters.